The molecule has 1 unspecified atom stereocenters. The summed E-state index contributed by atoms with van der Waals surface area (Å²) >= 11 is 0. The summed E-state index contributed by atoms with van der Waals surface area (Å²) in [6, 6.07) is 0. The van der Waals surface area contributed by atoms with Gasteiger partial charge in [-0.15, -0.1) is 0 Å². The zero-order chi connectivity index (χ0) is 17.8. The molecule has 0 aromatic heterocycles. The number of oxime groups is 1. The molecule has 0 spiro atoms. The Hall–Kier alpha value is -1.99. The Morgan fingerprint density at radius 3 is 2.26 bits per heavy atom. The van der Waals surface area contributed by atoms with Crippen molar-refractivity contribution in [2.75, 3.05) is 19.6 Å². The van der Waals surface area contributed by atoms with Crippen LogP contribution < -0.4 is 5.32 Å². The summed E-state index contributed by atoms with van der Waals surface area (Å²) in [4.78, 5) is 25.2. The van der Waals surface area contributed by atoms with Gasteiger partial charge in [-0.05, 0) is 41.5 Å². The summed E-state index contributed by atoms with van der Waals surface area (Å²) in [5.74, 6) is -0.278. The third kappa shape index (κ3) is 6.75. The summed E-state index contributed by atoms with van der Waals surface area (Å²) in [5, 5.41) is 14.9. The molecule has 0 bridgehead atoms. The maximum Gasteiger partial charge on any atom is 0.410 e. The number of likely N-dealkylation sites (tertiary alicyclic amines) is 1. The highest BCUT2D eigenvalue weighted by Gasteiger charge is 2.35. The first kappa shape index (κ1) is 19.1. The molecule has 132 valence electrons. The van der Waals surface area contributed by atoms with E-state index in [1.54, 1.807) is 41.5 Å². The minimum Gasteiger partial charge on any atom is -0.444 e. The van der Waals surface area contributed by atoms with Gasteiger partial charge in [0.15, 0.2) is 0 Å². The second-order valence-electron chi connectivity index (χ2n) is 7.53. The van der Waals surface area contributed by atoms with Gasteiger partial charge in [0.05, 0.1) is 12.3 Å². The highest BCUT2D eigenvalue weighted by atomic mass is 16.6. The van der Waals surface area contributed by atoms with Crippen LogP contribution in [-0.4, -0.2) is 58.8 Å². The number of rotatable bonds is 2. The van der Waals surface area contributed by atoms with E-state index < -0.39 is 23.4 Å². The molecule has 1 atom stereocenters. The van der Waals surface area contributed by atoms with Gasteiger partial charge in [-0.25, -0.2) is 9.59 Å². The molecule has 8 heteroatoms. The van der Waals surface area contributed by atoms with Gasteiger partial charge in [0.25, 0.3) is 0 Å². The SMILES string of the molecule is CC(C)(C)OC(=O)NCC1CN(C(=O)OC(C)(C)C)C/C1=N\O. The van der Waals surface area contributed by atoms with Gasteiger partial charge in [-0.3, -0.25) is 0 Å². The zero-order valence-corrected chi connectivity index (χ0v) is 14.7. The summed E-state index contributed by atoms with van der Waals surface area (Å²) in [5.41, 5.74) is -0.761. The van der Waals surface area contributed by atoms with E-state index in [9.17, 15) is 9.59 Å². The molecular formula is C15H27N3O5. The molecule has 1 saturated heterocycles. The number of nitrogens with zero attached hydrogens (tertiary/aromatic N) is 2. The lowest BCUT2D eigenvalue weighted by Crippen LogP contribution is -2.38. The number of hydrogen-bond donors (Lipinski definition) is 2. The fourth-order valence-corrected chi connectivity index (χ4v) is 2.04. The first-order valence-corrected chi connectivity index (χ1v) is 7.57. The Morgan fingerprint density at radius 2 is 1.78 bits per heavy atom. The lowest BCUT2D eigenvalue weighted by molar-refractivity contribution is 0.0292. The maximum absolute atomic E-state index is 12.0. The molecule has 1 fully saturated rings. The number of amides is 2. The molecule has 1 heterocycles. The molecule has 0 aromatic carbocycles. The molecule has 1 rings (SSSR count). The molecule has 0 aromatic rings. The lowest BCUT2D eigenvalue weighted by atomic mass is 10.1. The average molecular weight is 329 g/mol. The molecule has 2 amide bonds. The predicted octanol–water partition coefficient (Wildman–Crippen LogP) is 2.21. The molecule has 1 aliphatic rings. The van der Waals surface area contributed by atoms with Gasteiger partial charge in [0.1, 0.15) is 11.2 Å². The van der Waals surface area contributed by atoms with Crippen LogP contribution in [0.25, 0.3) is 0 Å². The highest BCUT2D eigenvalue weighted by Crippen LogP contribution is 2.18. The van der Waals surface area contributed by atoms with Gasteiger partial charge < -0.3 is 24.9 Å². The van der Waals surface area contributed by atoms with Crippen LogP contribution >= 0.6 is 0 Å². The average Bonchev–Trinajstić information content (AvgIpc) is 2.75. The predicted molar refractivity (Wildman–Crippen MR) is 84.8 cm³/mol. The van der Waals surface area contributed by atoms with Crippen LogP contribution in [-0.2, 0) is 9.47 Å². The van der Waals surface area contributed by atoms with E-state index in [0.717, 1.165) is 0 Å². The van der Waals surface area contributed by atoms with E-state index in [1.165, 1.54) is 4.90 Å². The van der Waals surface area contributed by atoms with Crippen LogP contribution in [0.5, 0.6) is 0 Å². The second kappa shape index (κ2) is 7.06. The molecule has 0 radical (unpaired) electrons. The van der Waals surface area contributed by atoms with Crippen molar-refractivity contribution in [3.05, 3.63) is 0 Å². The van der Waals surface area contributed by atoms with E-state index >= 15 is 0 Å². The van der Waals surface area contributed by atoms with Gasteiger partial charge in [-0.1, -0.05) is 5.16 Å². The van der Waals surface area contributed by atoms with Gasteiger partial charge in [-0.2, -0.15) is 0 Å². The van der Waals surface area contributed by atoms with Crippen molar-refractivity contribution >= 4 is 17.9 Å². The van der Waals surface area contributed by atoms with Gasteiger partial charge in [0.2, 0.25) is 0 Å². The van der Waals surface area contributed by atoms with Crippen LogP contribution in [0.2, 0.25) is 0 Å². The Bertz CT molecular complexity index is 476. The zero-order valence-electron chi connectivity index (χ0n) is 14.7. The Balaban J connectivity index is 2.57. The fourth-order valence-electron chi connectivity index (χ4n) is 2.04. The number of ether oxygens (including phenoxy) is 2. The second-order valence-corrected chi connectivity index (χ2v) is 7.53. The van der Waals surface area contributed by atoms with Crippen molar-refractivity contribution in [1.82, 2.24) is 10.2 Å². The quantitative estimate of drug-likeness (QED) is 0.597. The third-order valence-corrected chi connectivity index (χ3v) is 2.94. The minimum absolute atomic E-state index is 0.173. The largest absolute Gasteiger partial charge is 0.444 e. The van der Waals surface area contributed by atoms with Crippen LogP contribution in [0, 0.1) is 5.92 Å². The van der Waals surface area contributed by atoms with E-state index in [4.69, 9.17) is 14.7 Å². The lowest BCUT2D eigenvalue weighted by Gasteiger charge is -2.24. The van der Waals surface area contributed by atoms with Crippen molar-refractivity contribution < 1.29 is 24.3 Å². The molecule has 0 saturated carbocycles. The van der Waals surface area contributed by atoms with Crippen LogP contribution in [0.15, 0.2) is 5.16 Å². The van der Waals surface area contributed by atoms with Crippen molar-refractivity contribution in [3.63, 3.8) is 0 Å². The standard InChI is InChI=1S/C15H27N3O5/c1-14(2,3)22-12(19)16-7-10-8-18(9-11(10)17-21)13(20)23-15(4,5)6/h10,21H,7-9H2,1-6H3,(H,16,19)/b17-11+. The smallest absolute Gasteiger partial charge is 0.410 e. The number of carbonyl (C=O) groups excluding carboxylic acids is 2. The summed E-state index contributed by atoms with van der Waals surface area (Å²) in [6.45, 7) is 11.4. The summed E-state index contributed by atoms with van der Waals surface area (Å²) in [6.07, 6.45) is -1.02. The normalized spacial score (nSPS) is 20.5. The van der Waals surface area contributed by atoms with Crippen LogP contribution in [0.4, 0.5) is 9.59 Å². The first-order chi connectivity index (χ1) is 10.4. The molecule has 0 aliphatic carbocycles. The number of nitrogens with one attached hydrogen (secondary N) is 1. The van der Waals surface area contributed by atoms with Crippen LogP contribution in [0.1, 0.15) is 41.5 Å². The molecular weight excluding hydrogens is 302 g/mol. The maximum atomic E-state index is 12.0. The number of carbonyl (C=O) groups is 2. The van der Waals surface area contributed by atoms with Crippen molar-refractivity contribution in [2.45, 2.75) is 52.7 Å². The summed E-state index contributed by atoms with van der Waals surface area (Å²) < 4.78 is 10.4. The number of alkyl carbamates (subject to hydrolysis) is 1. The van der Waals surface area contributed by atoms with Crippen molar-refractivity contribution in [3.8, 4) is 0 Å². The topological polar surface area (TPSA) is 100 Å². The van der Waals surface area contributed by atoms with E-state index in [-0.39, 0.29) is 19.0 Å². The Labute approximate surface area is 136 Å². The van der Waals surface area contributed by atoms with E-state index in [1.807, 2.05) is 0 Å². The van der Waals surface area contributed by atoms with Gasteiger partial charge in [0, 0.05) is 19.0 Å². The highest BCUT2D eigenvalue weighted by molar-refractivity contribution is 5.94. The van der Waals surface area contributed by atoms with Gasteiger partial charge >= 0.3 is 12.2 Å². The minimum atomic E-state index is -0.597. The van der Waals surface area contributed by atoms with Crippen LogP contribution in [0.3, 0.4) is 0 Å². The monoisotopic (exact) mass is 329 g/mol. The fraction of sp³-hybridized carbons (Fsp3) is 0.800. The molecule has 1 aliphatic heterocycles. The van der Waals surface area contributed by atoms with E-state index in [0.29, 0.717) is 12.3 Å². The summed E-state index contributed by atoms with van der Waals surface area (Å²) in [7, 11) is 0. The van der Waals surface area contributed by atoms with E-state index in [2.05, 4.69) is 10.5 Å². The van der Waals surface area contributed by atoms with Crippen molar-refractivity contribution in [2.24, 2.45) is 11.1 Å². The molecule has 23 heavy (non-hydrogen) atoms. The third-order valence-electron chi connectivity index (χ3n) is 2.94. The molecule has 8 nitrogen and oxygen atoms in total. The molecule has 2 N–H and O–H groups in total. The van der Waals surface area contributed by atoms with Crippen molar-refractivity contribution in [1.29, 1.82) is 0 Å². The first-order valence-electron chi connectivity index (χ1n) is 7.57. The number of hydrogen-bond acceptors (Lipinski definition) is 6. The Kier molecular flexibility index (Phi) is 5.85. The Morgan fingerprint density at radius 1 is 1.22 bits per heavy atom.